The molecule has 2 aliphatic carbocycles. The SMILES string of the molecule is COC(=O)C1CCC(c2nc(Br)c(SC3=CC=C(Cl)CC3)o2)CC1. The molecule has 7 heteroatoms. The minimum Gasteiger partial charge on any atom is -0.469 e. The number of rotatable bonds is 4. The van der Waals surface area contributed by atoms with Gasteiger partial charge in [-0.25, -0.2) is 4.98 Å². The first-order chi connectivity index (χ1) is 11.6. The number of hydrogen-bond acceptors (Lipinski definition) is 5. The van der Waals surface area contributed by atoms with Crippen molar-refractivity contribution in [3.05, 3.63) is 32.6 Å². The van der Waals surface area contributed by atoms with E-state index < -0.39 is 0 Å². The summed E-state index contributed by atoms with van der Waals surface area (Å²) in [5, 5.41) is 1.68. The Hall–Kier alpha value is -0.720. The van der Waals surface area contributed by atoms with Crippen molar-refractivity contribution in [2.24, 2.45) is 5.92 Å². The third-order valence-corrected chi connectivity index (χ3v) is 6.65. The Kier molecular flexibility index (Phi) is 6.11. The minimum absolute atomic E-state index is 0.0161. The van der Waals surface area contributed by atoms with Gasteiger partial charge in [-0.05, 0) is 65.4 Å². The Balaban J connectivity index is 1.63. The minimum atomic E-state index is -0.103. The van der Waals surface area contributed by atoms with Crippen LogP contribution in [0.1, 0.15) is 50.3 Å². The molecule has 0 atom stereocenters. The average molecular weight is 433 g/mol. The molecule has 4 nitrogen and oxygen atoms in total. The molecule has 0 unspecified atom stereocenters. The van der Waals surface area contributed by atoms with Gasteiger partial charge >= 0.3 is 5.97 Å². The van der Waals surface area contributed by atoms with Gasteiger partial charge in [0, 0.05) is 11.0 Å². The zero-order valence-electron chi connectivity index (χ0n) is 13.4. The van der Waals surface area contributed by atoms with Crippen molar-refractivity contribution in [2.45, 2.75) is 49.5 Å². The molecule has 3 rings (SSSR count). The number of esters is 1. The molecule has 0 amide bonds. The van der Waals surface area contributed by atoms with Crippen LogP contribution in [0.2, 0.25) is 0 Å². The number of methoxy groups -OCH3 is 1. The van der Waals surface area contributed by atoms with E-state index in [1.807, 2.05) is 12.2 Å². The monoisotopic (exact) mass is 431 g/mol. The first kappa shape index (κ1) is 18.1. The zero-order chi connectivity index (χ0) is 17.1. The molecule has 1 saturated carbocycles. The van der Waals surface area contributed by atoms with Gasteiger partial charge in [-0.15, -0.1) is 0 Å². The van der Waals surface area contributed by atoms with Crippen LogP contribution in [0.15, 0.2) is 36.2 Å². The number of allylic oxidation sites excluding steroid dienone is 4. The van der Waals surface area contributed by atoms with Gasteiger partial charge in [0.05, 0.1) is 13.0 Å². The molecule has 0 aliphatic heterocycles. The van der Waals surface area contributed by atoms with Crippen molar-refractivity contribution in [3.63, 3.8) is 0 Å². The van der Waals surface area contributed by atoms with Gasteiger partial charge in [-0.1, -0.05) is 29.4 Å². The van der Waals surface area contributed by atoms with E-state index in [4.69, 9.17) is 20.8 Å². The van der Waals surface area contributed by atoms with Crippen LogP contribution >= 0.6 is 39.3 Å². The predicted molar refractivity (Wildman–Crippen MR) is 98.0 cm³/mol. The van der Waals surface area contributed by atoms with E-state index in [-0.39, 0.29) is 17.8 Å². The van der Waals surface area contributed by atoms with Crippen LogP contribution in [0.5, 0.6) is 0 Å². The number of aromatic nitrogens is 1. The highest BCUT2D eigenvalue weighted by Crippen LogP contribution is 2.42. The fraction of sp³-hybridized carbons (Fsp3) is 0.529. The second-order valence-corrected chi connectivity index (χ2v) is 8.39. The van der Waals surface area contributed by atoms with Gasteiger partial charge in [-0.2, -0.15) is 0 Å². The lowest BCUT2D eigenvalue weighted by molar-refractivity contribution is -0.146. The van der Waals surface area contributed by atoms with Gasteiger partial charge in [0.1, 0.15) is 0 Å². The summed E-state index contributed by atoms with van der Waals surface area (Å²) in [6.07, 6.45) is 9.22. The van der Waals surface area contributed by atoms with Crippen LogP contribution in [-0.4, -0.2) is 18.1 Å². The molecule has 2 aliphatic rings. The molecule has 0 radical (unpaired) electrons. The first-order valence-corrected chi connectivity index (χ1v) is 10.0. The average Bonchev–Trinajstić information content (AvgIpc) is 2.97. The van der Waals surface area contributed by atoms with Crippen LogP contribution in [0, 0.1) is 5.92 Å². The lowest BCUT2D eigenvalue weighted by atomic mass is 9.82. The van der Waals surface area contributed by atoms with Gasteiger partial charge < -0.3 is 9.15 Å². The molecule has 130 valence electrons. The lowest BCUT2D eigenvalue weighted by Crippen LogP contribution is -2.22. The molecule has 0 spiro atoms. The van der Waals surface area contributed by atoms with E-state index in [9.17, 15) is 4.79 Å². The number of carbonyl (C=O) groups excluding carboxylic acids is 1. The third kappa shape index (κ3) is 4.27. The van der Waals surface area contributed by atoms with Gasteiger partial charge in [-0.3, -0.25) is 4.79 Å². The number of oxazole rings is 1. The highest BCUT2D eigenvalue weighted by molar-refractivity contribution is 9.10. The third-order valence-electron chi connectivity index (χ3n) is 4.47. The second-order valence-electron chi connectivity index (χ2n) is 6.05. The molecule has 0 saturated heterocycles. The summed E-state index contributed by atoms with van der Waals surface area (Å²) in [4.78, 5) is 17.4. The molecule has 0 aromatic carbocycles. The predicted octanol–water partition coefficient (Wildman–Crippen LogP) is 5.78. The van der Waals surface area contributed by atoms with Crippen molar-refractivity contribution in [3.8, 4) is 0 Å². The zero-order valence-corrected chi connectivity index (χ0v) is 16.5. The van der Waals surface area contributed by atoms with Crippen LogP contribution < -0.4 is 0 Å². The quantitative estimate of drug-likeness (QED) is 0.565. The van der Waals surface area contributed by atoms with E-state index in [0.717, 1.165) is 59.1 Å². The van der Waals surface area contributed by atoms with Crippen molar-refractivity contribution in [1.29, 1.82) is 0 Å². The molecule has 1 aromatic heterocycles. The summed E-state index contributed by atoms with van der Waals surface area (Å²) in [6, 6.07) is 0. The van der Waals surface area contributed by atoms with E-state index in [1.54, 1.807) is 11.8 Å². The van der Waals surface area contributed by atoms with Gasteiger partial charge in [0.15, 0.2) is 15.6 Å². The number of carbonyl (C=O) groups is 1. The summed E-state index contributed by atoms with van der Waals surface area (Å²) in [7, 11) is 1.45. The molecular weight excluding hydrogens is 414 g/mol. The summed E-state index contributed by atoms with van der Waals surface area (Å²) in [6.45, 7) is 0. The first-order valence-electron chi connectivity index (χ1n) is 8.04. The fourth-order valence-electron chi connectivity index (χ4n) is 3.08. The van der Waals surface area contributed by atoms with Crippen LogP contribution in [-0.2, 0) is 9.53 Å². The highest BCUT2D eigenvalue weighted by atomic mass is 79.9. The van der Waals surface area contributed by atoms with Crippen molar-refractivity contribution >= 4 is 45.3 Å². The Labute approximate surface area is 159 Å². The largest absolute Gasteiger partial charge is 0.469 e. The lowest BCUT2D eigenvalue weighted by Gasteiger charge is -2.24. The summed E-state index contributed by atoms with van der Waals surface area (Å²) in [5.41, 5.74) is 0. The normalized spacial score (nSPS) is 24.3. The molecule has 1 aromatic rings. The maximum atomic E-state index is 11.6. The van der Waals surface area contributed by atoms with E-state index in [2.05, 4.69) is 20.9 Å². The standard InChI is InChI=1S/C17H19BrClNO3S/c1-22-16(21)11-4-2-10(3-5-11)15-20-14(18)17(23-15)24-13-8-6-12(19)7-9-13/h6,8,10-11H,2-5,7,9H2,1H3. The van der Waals surface area contributed by atoms with Crippen molar-refractivity contribution in [2.75, 3.05) is 7.11 Å². The smallest absolute Gasteiger partial charge is 0.308 e. The molecule has 0 bridgehead atoms. The molecular formula is C17H19BrClNO3S. The van der Waals surface area contributed by atoms with Gasteiger partial charge in [0.2, 0.25) is 0 Å². The van der Waals surface area contributed by atoms with E-state index >= 15 is 0 Å². The molecule has 1 heterocycles. The van der Waals surface area contributed by atoms with Crippen LogP contribution in [0.25, 0.3) is 0 Å². The molecule has 24 heavy (non-hydrogen) atoms. The maximum Gasteiger partial charge on any atom is 0.308 e. The Morgan fingerprint density at radius 2 is 2.08 bits per heavy atom. The van der Waals surface area contributed by atoms with E-state index in [0.29, 0.717) is 0 Å². The number of thioether (sulfide) groups is 1. The van der Waals surface area contributed by atoms with Gasteiger partial charge in [0.25, 0.3) is 0 Å². The number of hydrogen-bond donors (Lipinski definition) is 0. The van der Waals surface area contributed by atoms with Crippen molar-refractivity contribution < 1.29 is 13.9 Å². The number of halogens is 2. The highest BCUT2D eigenvalue weighted by Gasteiger charge is 2.30. The Morgan fingerprint density at radius 3 is 2.71 bits per heavy atom. The van der Waals surface area contributed by atoms with Crippen LogP contribution in [0.4, 0.5) is 0 Å². The summed E-state index contributed by atoms with van der Waals surface area (Å²) < 4.78 is 11.6. The Morgan fingerprint density at radius 1 is 1.33 bits per heavy atom. The second kappa shape index (κ2) is 8.11. The van der Waals surface area contributed by atoms with Crippen LogP contribution in [0.3, 0.4) is 0 Å². The summed E-state index contributed by atoms with van der Waals surface area (Å²) in [5.74, 6) is 0.945. The van der Waals surface area contributed by atoms with E-state index in [1.165, 1.54) is 12.0 Å². The molecule has 0 N–H and O–H groups in total. The van der Waals surface area contributed by atoms with Crippen molar-refractivity contribution in [1.82, 2.24) is 4.98 Å². The topological polar surface area (TPSA) is 52.3 Å². The maximum absolute atomic E-state index is 11.6. The number of nitrogens with zero attached hydrogens (tertiary/aromatic N) is 1. The number of ether oxygens (including phenoxy) is 1. The Bertz CT molecular complexity index is 677. The molecule has 1 fully saturated rings. The summed E-state index contributed by atoms with van der Waals surface area (Å²) >= 11 is 11.1. The fourth-order valence-corrected chi connectivity index (χ4v) is 4.57.